The number of fused-ring (bicyclic) bond motifs is 5. The highest BCUT2D eigenvalue weighted by atomic mass is 16.5. The molecule has 5 heteroatoms. The monoisotopic (exact) mass is 420 g/mol. The average Bonchev–Trinajstić information content (AvgIpc) is 3.47. The largest absolute Gasteiger partial charge is 0.488 e. The Balaban J connectivity index is 1.41. The lowest BCUT2D eigenvalue weighted by Crippen LogP contribution is -2.06. The van der Waals surface area contributed by atoms with E-state index in [1.165, 1.54) is 11.1 Å². The van der Waals surface area contributed by atoms with Gasteiger partial charge in [-0.1, -0.05) is 44.2 Å². The quantitative estimate of drug-likeness (QED) is 0.345. The lowest BCUT2D eigenvalue weighted by Gasteiger charge is -2.23. The average molecular weight is 421 g/mol. The van der Waals surface area contributed by atoms with Crippen LogP contribution in [0.5, 0.6) is 5.75 Å². The number of ether oxygens (including phenoxy) is 1. The van der Waals surface area contributed by atoms with Crippen molar-refractivity contribution in [3.63, 3.8) is 0 Å². The standard InChI is InChI=1S/C27H24N4O/c1-15(2)27-29-13-25(31-27)18-6-8-22-17(10-18)4-9-23-21-7-5-19(24-12-28-16(3)30-24)11-20(21)14-32-26(22)23/h4-13,15H,14H2,1-3H3,(H,28,30)(H,29,31). The first kappa shape index (κ1) is 18.9. The molecule has 0 saturated carbocycles. The molecule has 5 aromatic rings. The summed E-state index contributed by atoms with van der Waals surface area (Å²) in [4.78, 5) is 15.6. The Morgan fingerprint density at radius 2 is 1.59 bits per heavy atom. The number of nitrogens with one attached hydrogen (secondary N) is 2. The summed E-state index contributed by atoms with van der Waals surface area (Å²) < 4.78 is 6.29. The molecule has 0 bridgehead atoms. The third-order valence-electron chi connectivity index (χ3n) is 6.21. The van der Waals surface area contributed by atoms with Crippen molar-refractivity contribution >= 4 is 10.8 Å². The van der Waals surface area contributed by atoms with Crippen molar-refractivity contribution in [3.8, 4) is 39.4 Å². The minimum absolute atomic E-state index is 0.377. The van der Waals surface area contributed by atoms with Crippen LogP contribution in [-0.4, -0.2) is 19.9 Å². The fourth-order valence-electron chi connectivity index (χ4n) is 4.47. The fourth-order valence-corrected chi connectivity index (χ4v) is 4.47. The smallest absolute Gasteiger partial charge is 0.135 e. The number of aromatic nitrogens is 4. The summed E-state index contributed by atoms with van der Waals surface area (Å²) >= 11 is 0. The molecular weight excluding hydrogens is 396 g/mol. The predicted octanol–water partition coefficient (Wildman–Crippen LogP) is 6.61. The van der Waals surface area contributed by atoms with Gasteiger partial charge in [-0.3, -0.25) is 0 Å². The number of imidazole rings is 2. The number of hydrogen-bond donors (Lipinski definition) is 2. The van der Waals surface area contributed by atoms with Crippen LogP contribution in [0.3, 0.4) is 0 Å². The van der Waals surface area contributed by atoms with Gasteiger partial charge in [-0.05, 0) is 47.2 Å². The van der Waals surface area contributed by atoms with Gasteiger partial charge < -0.3 is 14.7 Å². The van der Waals surface area contributed by atoms with Crippen molar-refractivity contribution in [3.05, 3.63) is 78.1 Å². The predicted molar refractivity (Wildman–Crippen MR) is 128 cm³/mol. The molecule has 3 heterocycles. The Bertz CT molecular complexity index is 1470. The van der Waals surface area contributed by atoms with E-state index in [4.69, 9.17) is 4.74 Å². The van der Waals surface area contributed by atoms with Crippen LogP contribution in [0.25, 0.3) is 44.4 Å². The van der Waals surface area contributed by atoms with E-state index in [1.807, 2.05) is 19.3 Å². The van der Waals surface area contributed by atoms with E-state index in [-0.39, 0.29) is 0 Å². The molecule has 158 valence electrons. The van der Waals surface area contributed by atoms with Crippen LogP contribution < -0.4 is 4.74 Å². The molecular formula is C27H24N4O. The lowest BCUT2D eigenvalue weighted by atomic mass is 9.92. The zero-order valence-corrected chi connectivity index (χ0v) is 18.4. The Labute approximate surface area is 186 Å². The van der Waals surface area contributed by atoms with E-state index in [0.717, 1.165) is 56.2 Å². The Kier molecular flexibility index (Phi) is 4.18. The second-order valence-electron chi connectivity index (χ2n) is 8.76. The second kappa shape index (κ2) is 7.09. The Hall–Kier alpha value is -3.86. The molecule has 0 amide bonds. The summed E-state index contributed by atoms with van der Waals surface area (Å²) in [6, 6.07) is 17.4. The molecule has 0 radical (unpaired) electrons. The van der Waals surface area contributed by atoms with Crippen LogP contribution in [0.1, 0.15) is 37.0 Å². The van der Waals surface area contributed by atoms with Crippen molar-refractivity contribution in [2.45, 2.75) is 33.3 Å². The fraction of sp³-hybridized carbons (Fsp3) is 0.185. The van der Waals surface area contributed by atoms with Crippen LogP contribution in [0.2, 0.25) is 0 Å². The third-order valence-corrected chi connectivity index (χ3v) is 6.21. The summed E-state index contributed by atoms with van der Waals surface area (Å²) in [5.41, 5.74) is 7.89. The molecule has 1 aliphatic rings. The molecule has 6 rings (SSSR count). The van der Waals surface area contributed by atoms with E-state index in [0.29, 0.717) is 12.5 Å². The highest BCUT2D eigenvalue weighted by Crippen LogP contribution is 2.43. The molecule has 0 aliphatic carbocycles. The number of benzene rings is 3. The topological polar surface area (TPSA) is 66.6 Å². The number of hydrogen-bond acceptors (Lipinski definition) is 3. The maximum absolute atomic E-state index is 6.29. The van der Waals surface area contributed by atoms with Gasteiger partial charge in [0, 0.05) is 22.4 Å². The van der Waals surface area contributed by atoms with Crippen molar-refractivity contribution in [1.82, 2.24) is 19.9 Å². The maximum Gasteiger partial charge on any atom is 0.135 e. The number of rotatable bonds is 3. The first-order chi connectivity index (χ1) is 15.6. The SMILES string of the molecule is Cc1ncc(-c2ccc3c(c2)COc2c-3ccc3cc(-c4cnc(C(C)C)[nH]4)ccc23)[nH]1. The zero-order chi connectivity index (χ0) is 21.8. The van der Waals surface area contributed by atoms with Crippen LogP contribution in [0, 0.1) is 6.92 Å². The normalized spacial score (nSPS) is 12.6. The maximum atomic E-state index is 6.29. The summed E-state index contributed by atoms with van der Waals surface area (Å²) in [5, 5.41) is 2.30. The van der Waals surface area contributed by atoms with Gasteiger partial charge in [0.25, 0.3) is 0 Å². The van der Waals surface area contributed by atoms with Gasteiger partial charge in [0.05, 0.1) is 23.8 Å². The van der Waals surface area contributed by atoms with E-state index in [1.54, 1.807) is 0 Å². The van der Waals surface area contributed by atoms with Gasteiger partial charge in [0.1, 0.15) is 24.0 Å². The van der Waals surface area contributed by atoms with E-state index >= 15 is 0 Å². The number of nitrogens with zero attached hydrogens (tertiary/aromatic N) is 2. The number of aryl methyl sites for hydroxylation is 1. The van der Waals surface area contributed by atoms with Crippen LogP contribution in [0.15, 0.2) is 60.9 Å². The highest BCUT2D eigenvalue weighted by molar-refractivity contribution is 5.98. The molecule has 0 spiro atoms. The molecule has 0 atom stereocenters. The van der Waals surface area contributed by atoms with Crippen molar-refractivity contribution < 1.29 is 4.74 Å². The highest BCUT2D eigenvalue weighted by Gasteiger charge is 2.21. The van der Waals surface area contributed by atoms with Gasteiger partial charge in [0.2, 0.25) is 0 Å². The number of aromatic amines is 2. The van der Waals surface area contributed by atoms with E-state index in [9.17, 15) is 0 Å². The third kappa shape index (κ3) is 3.01. The summed E-state index contributed by atoms with van der Waals surface area (Å²) in [7, 11) is 0. The first-order valence-corrected chi connectivity index (χ1v) is 11.0. The van der Waals surface area contributed by atoms with Crippen molar-refractivity contribution in [1.29, 1.82) is 0 Å². The molecule has 5 nitrogen and oxygen atoms in total. The molecule has 0 saturated heterocycles. The molecule has 0 fully saturated rings. The van der Waals surface area contributed by atoms with Crippen molar-refractivity contribution in [2.24, 2.45) is 0 Å². The van der Waals surface area contributed by atoms with E-state index in [2.05, 4.69) is 82.3 Å². The lowest BCUT2D eigenvalue weighted by molar-refractivity contribution is 0.306. The van der Waals surface area contributed by atoms with Crippen molar-refractivity contribution in [2.75, 3.05) is 0 Å². The molecule has 1 aliphatic heterocycles. The molecule has 3 aromatic carbocycles. The molecule has 32 heavy (non-hydrogen) atoms. The molecule has 2 N–H and O–H groups in total. The van der Waals surface area contributed by atoms with Gasteiger partial charge in [0.15, 0.2) is 0 Å². The van der Waals surface area contributed by atoms with Crippen LogP contribution >= 0.6 is 0 Å². The zero-order valence-electron chi connectivity index (χ0n) is 18.4. The Morgan fingerprint density at radius 3 is 2.38 bits per heavy atom. The number of H-pyrrole nitrogens is 2. The van der Waals surface area contributed by atoms with Gasteiger partial charge in [-0.15, -0.1) is 0 Å². The Morgan fingerprint density at radius 1 is 0.844 bits per heavy atom. The first-order valence-electron chi connectivity index (χ1n) is 11.0. The summed E-state index contributed by atoms with van der Waals surface area (Å²) in [6.07, 6.45) is 3.80. The minimum atomic E-state index is 0.377. The minimum Gasteiger partial charge on any atom is -0.488 e. The van der Waals surface area contributed by atoms with Gasteiger partial charge >= 0.3 is 0 Å². The molecule has 0 unspecified atom stereocenters. The second-order valence-corrected chi connectivity index (χ2v) is 8.76. The van der Waals surface area contributed by atoms with Crippen LogP contribution in [0.4, 0.5) is 0 Å². The summed E-state index contributed by atoms with van der Waals surface area (Å²) in [5.74, 6) is 3.26. The van der Waals surface area contributed by atoms with E-state index < -0.39 is 0 Å². The molecule has 2 aromatic heterocycles. The van der Waals surface area contributed by atoms with Gasteiger partial charge in [-0.2, -0.15) is 0 Å². The summed E-state index contributed by atoms with van der Waals surface area (Å²) in [6.45, 7) is 6.81. The van der Waals surface area contributed by atoms with Gasteiger partial charge in [-0.25, -0.2) is 9.97 Å². The van der Waals surface area contributed by atoms with Crippen LogP contribution in [-0.2, 0) is 6.61 Å².